The van der Waals surface area contributed by atoms with Crippen molar-refractivity contribution in [3.05, 3.63) is 52.3 Å². The van der Waals surface area contributed by atoms with E-state index >= 15 is 0 Å². The first-order valence-electron chi connectivity index (χ1n) is 5.76. The van der Waals surface area contributed by atoms with Gasteiger partial charge in [0.05, 0.1) is 0 Å². The zero-order chi connectivity index (χ0) is 13.1. The van der Waals surface area contributed by atoms with Gasteiger partial charge in [0.1, 0.15) is 11.6 Å². The monoisotopic (exact) mass is 311 g/mol. The van der Waals surface area contributed by atoms with Crippen LogP contribution >= 0.6 is 15.9 Å². The van der Waals surface area contributed by atoms with Crippen LogP contribution in [0.1, 0.15) is 18.3 Å². The van der Waals surface area contributed by atoms with E-state index in [-0.39, 0.29) is 11.9 Å². The van der Waals surface area contributed by atoms with Gasteiger partial charge in [0.25, 0.3) is 0 Å². The van der Waals surface area contributed by atoms with Crippen molar-refractivity contribution < 1.29 is 4.39 Å². The predicted molar refractivity (Wildman–Crippen MR) is 72.8 cm³/mol. The highest BCUT2D eigenvalue weighted by atomic mass is 79.9. The summed E-state index contributed by atoms with van der Waals surface area (Å²) in [6.07, 6.45) is 4.40. The Morgan fingerprint density at radius 1 is 1.50 bits per heavy atom. The largest absolute Gasteiger partial charge is 0.330 e. The predicted octanol–water partition coefficient (Wildman–Crippen LogP) is 2.72. The van der Waals surface area contributed by atoms with Gasteiger partial charge in [-0.3, -0.25) is 0 Å². The van der Waals surface area contributed by atoms with E-state index in [4.69, 9.17) is 5.73 Å². The smallest absolute Gasteiger partial charge is 0.124 e. The van der Waals surface area contributed by atoms with E-state index in [9.17, 15) is 4.39 Å². The van der Waals surface area contributed by atoms with E-state index in [1.165, 1.54) is 12.1 Å². The van der Waals surface area contributed by atoms with Gasteiger partial charge >= 0.3 is 0 Å². The van der Waals surface area contributed by atoms with Gasteiger partial charge < -0.3 is 10.3 Å². The third-order valence-electron chi connectivity index (χ3n) is 2.66. The first-order valence-corrected chi connectivity index (χ1v) is 6.55. The summed E-state index contributed by atoms with van der Waals surface area (Å²) in [7, 11) is 0. The lowest BCUT2D eigenvalue weighted by Gasteiger charge is -2.11. The third kappa shape index (κ3) is 3.17. The molecule has 0 aliphatic carbocycles. The third-order valence-corrected chi connectivity index (χ3v) is 3.40. The molecule has 0 aliphatic rings. The standard InChI is InChI=1S/C13H15BrFN3/c1-9(16)6-13-17-4-5-18(13)8-10-2-3-11(15)7-12(10)14/h2-5,7,9H,6,8,16H2,1H3. The lowest BCUT2D eigenvalue weighted by molar-refractivity contribution is 0.622. The van der Waals surface area contributed by atoms with E-state index < -0.39 is 0 Å². The summed E-state index contributed by atoms with van der Waals surface area (Å²) >= 11 is 3.37. The van der Waals surface area contributed by atoms with Crippen LogP contribution in [0.5, 0.6) is 0 Å². The van der Waals surface area contributed by atoms with Crippen LogP contribution in [-0.2, 0) is 13.0 Å². The molecule has 1 unspecified atom stereocenters. The maximum Gasteiger partial charge on any atom is 0.124 e. The SMILES string of the molecule is CC(N)Cc1nccn1Cc1ccc(F)cc1Br. The molecular formula is C13H15BrFN3. The number of nitrogens with two attached hydrogens (primary N) is 1. The number of hydrogen-bond acceptors (Lipinski definition) is 2. The van der Waals surface area contributed by atoms with Crippen LogP contribution in [0.15, 0.2) is 35.1 Å². The molecule has 2 N–H and O–H groups in total. The molecule has 18 heavy (non-hydrogen) atoms. The quantitative estimate of drug-likeness (QED) is 0.943. The molecule has 2 rings (SSSR count). The zero-order valence-electron chi connectivity index (χ0n) is 10.1. The molecule has 1 heterocycles. The summed E-state index contributed by atoms with van der Waals surface area (Å²) in [6.45, 7) is 2.61. The fourth-order valence-corrected chi connectivity index (χ4v) is 2.27. The molecule has 1 aromatic carbocycles. The van der Waals surface area contributed by atoms with Gasteiger partial charge in [-0.15, -0.1) is 0 Å². The molecule has 2 aromatic rings. The number of aromatic nitrogens is 2. The van der Waals surface area contributed by atoms with Gasteiger partial charge in [-0.1, -0.05) is 22.0 Å². The van der Waals surface area contributed by atoms with Crippen LogP contribution in [0.25, 0.3) is 0 Å². The Balaban J connectivity index is 2.21. The number of nitrogens with zero attached hydrogens (tertiary/aromatic N) is 2. The van der Waals surface area contributed by atoms with Crippen LogP contribution in [0, 0.1) is 5.82 Å². The van der Waals surface area contributed by atoms with Crippen molar-refractivity contribution in [2.45, 2.75) is 25.9 Å². The molecule has 0 saturated heterocycles. The molecule has 5 heteroatoms. The van der Waals surface area contributed by atoms with Gasteiger partial charge in [-0.25, -0.2) is 9.37 Å². The molecule has 1 aromatic heterocycles. The average molecular weight is 312 g/mol. The molecule has 0 fully saturated rings. The minimum absolute atomic E-state index is 0.0720. The first-order chi connectivity index (χ1) is 8.56. The summed E-state index contributed by atoms with van der Waals surface area (Å²) in [5.41, 5.74) is 6.80. The Morgan fingerprint density at radius 2 is 2.28 bits per heavy atom. The maximum absolute atomic E-state index is 13.0. The highest BCUT2D eigenvalue weighted by molar-refractivity contribution is 9.10. The van der Waals surface area contributed by atoms with Crippen LogP contribution in [0.4, 0.5) is 4.39 Å². The van der Waals surface area contributed by atoms with Gasteiger partial charge in [-0.2, -0.15) is 0 Å². The molecular weight excluding hydrogens is 297 g/mol. The van der Waals surface area contributed by atoms with Crippen molar-refractivity contribution in [1.82, 2.24) is 9.55 Å². The highest BCUT2D eigenvalue weighted by Crippen LogP contribution is 2.19. The number of hydrogen-bond donors (Lipinski definition) is 1. The summed E-state index contributed by atoms with van der Waals surface area (Å²) in [5.74, 6) is 0.702. The number of imidazole rings is 1. The van der Waals surface area contributed by atoms with Gasteiger partial charge in [0, 0.05) is 35.9 Å². The fraction of sp³-hybridized carbons (Fsp3) is 0.308. The number of halogens is 2. The van der Waals surface area contributed by atoms with Crippen molar-refractivity contribution in [3.8, 4) is 0 Å². The molecule has 0 amide bonds. The number of rotatable bonds is 4. The second-order valence-corrected chi connectivity index (χ2v) is 5.24. The van der Waals surface area contributed by atoms with E-state index in [1.54, 1.807) is 12.3 Å². The first kappa shape index (κ1) is 13.2. The Bertz CT molecular complexity index is 537. The minimum Gasteiger partial charge on any atom is -0.330 e. The summed E-state index contributed by atoms with van der Waals surface area (Å²) < 4.78 is 15.8. The minimum atomic E-state index is -0.243. The Morgan fingerprint density at radius 3 is 2.94 bits per heavy atom. The second kappa shape index (κ2) is 5.63. The Labute approximate surface area is 114 Å². The van der Waals surface area contributed by atoms with Gasteiger partial charge in [-0.05, 0) is 24.6 Å². The normalized spacial score (nSPS) is 12.7. The van der Waals surface area contributed by atoms with Crippen LogP contribution in [0.2, 0.25) is 0 Å². The van der Waals surface area contributed by atoms with E-state index in [0.717, 1.165) is 22.3 Å². The Hall–Kier alpha value is -1.20. The van der Waals surface area contributed by atoms with Crippen molar-refractivity contribution in [3.63, 3.8) is 0 Å². The highest BCUT2D eigenvalue weighted by Gasteiger charge is 2.08. The lowest BCUT2D eigenvalue weighted by atomic mass is 10.2. The fourth-order valence-electron chi connectivity index (χ4n) is 1.80. The molecule has 0 spiro atoms. The Kier molecular flexibility index (Phi) is 4.14. The zero-order valence-corrected chi connectivity index (χ0v) is 11.7. The van der Waals surface area contributed by atoms with Crippen molar-refractivity contribution >= 4 is 15.9 Å². The van der Waals surface area contributed by atoms with E-state index in [2.05, 4.69) is 20.9 Å². The van der Waals surface area contributed by atoms with Gasteiger partial charge in [0.2, 0.25) is 0 Å². The molecule has 3 nitrogen and oxygen atoms in total. The molecule has 0 saturated carbocycles. The van der Waals surface area contributed by atoms with E-state index in [0.29, 0.717) is 6.54 Å². The van der Waals surface area contributed by atoms with Crippen LogP contribution < -0.4 is 5.73 Å². The molecule has 1 atom stereocenters. The summed E-state index contributed by atoms with van der Waals surface area (Å²) in [5, 5.41) is 0. The molecule has 96 valence electrons. The van der Waals surface area contributed by atoms with Crippen LogP contribution in [-0.4, -0.2) is 15.6 Å². The average Bonchev–Trinajstić information content (AvgIpc) is 2.69. The van der Waals surface area contributed by atoms with Crippen molar-refractivity contribution in [2.75, 3.05) is 0 Å². The number of benzene rings is 1. The topological polar surface area (TPSA) is 43.8 Å². The second-order valence-electron chi connectivity index (χ2n) is 4.39. The summed E-state index contributed by atoms with van der Waals surface area (Å²) in [6, 6.07) is 4.78. The van der Waals surface area contributed by atoms with Crippen molar-refractivity contribution in [1.29, 1.82) is 0 Å². The molecule has 0 bridgehead atoms. The maximum atomic E-state index is 13.0. The molecule has 0 radical (unpaired) electrons. The van der Waals surface area contributed by atoms with Crippen LogP contribution in [0.3, 0.4) is 0 Å². The van der Waals surface area contributed by atoms with E-state index in [1.807, 2.05) is 17.7 Å². The van der Waals surface area contributed by atoms with Gasteiger partial charge in [0.15, 0.2) is 0 Å². The van der Waals surface area contributed by atoms with Crippen molar-refractivity contribution in [2.24, 2.45) is 5.73 Å². The molecule has 0 aliphatic heterocycles. The summed E-state index contributed by atoms with van der Waals surface area (Å²) in [4.78, 5) is 4.29. The lowest BCUT2D eigenvalue weighted by Crippen LogP contribution is -2.20.